The second-order valence-corrected chi connectivity index (χ2v) is 7.71. The molecule has 152 valence electrons. The van der Waals surface area contributed by atoms with Gasteiger partial charge >= 0.3 is 0 Å². The molecule has 0 saturated carbocycles. The lowest BCUT2D eigenvalue weighted by atomic mass is 10.2. The maximum Gasteiger partial charge on any atom is 0.191 e. The van der Waals surface area contributed by atoms with E-state index in [0.717, 1.165) is 42.7 Å². The van der Waals surface area contributed by atoms with Gasteiger partial charge in [0, 0.05) is 30.6 Å². The maximum atomic E-state index is 5.52. The summed E-state index contributed by atoms with van der Waals surface area (Å²) in [7, 11) is 5.11. The van der Waals surface area contributed by atoms with Crippen LogP contribution in [0.4, 0.5) is 0 Å². The van der Waals surface area contributed by atoms with Crippen LogP contribution < -0.4 is 20.1 Å². The SMILES string of the molecule is CN=C(NCc1cccc(OC)c1OC)NCC(c1cccs1)N1CCCC1. The third-order valence-corrected chi connectivity index (χ3v) is 6.04. The van der Waals surface area contributed by atoms with E-state index in [1.165, 1.54) is 17.7 Å². The van der Waals surface area contributed by atoms with Crippen molar-refractivity contribution < 1.29 is 9.47 Å². The fourth-order valence-electron chi connectivity index (χ4n) is 3.63. The van der Waals surface area contributed by atoms with Gasteiger partial charge in [-0.1, -0.05) is 18.2 Å². The van der Waals surface area contributed by atoms with E-state index in [1.807, 2.05) is 29.5 Å². The summed E-state index contributed by atoms with van der Waals surface area (Å²) in [6.07, 6.45) is 2.56. The van der Waals surface area contributed by atoms with Gasteiger partial charge in [-0.15, -0.1) is 11.3 Å². The third kappa shape index (κ3) is 4.97. The Bertz CT molecular complexity index is 758. The number of aliphatic imine (C=N–C) groups is 1. The van der Waals surface area contributed by atoms with Crippen molar-refractivity contribution in [2.45, 2.75) is 25.4 Å². The first kappa shape index (κ1) is 20.5. The molecule has 7 heteroatoms. The Morgan fingerprint density at radius 3 is 2.61 bits per heavy atom. The first-order valence-corrected chi connectivity index (χ1v) is 10.6. The lowest BCUT2D eigenvalue weighted by Gasteiger charge is -2.27. The number of thiophene rings is 1. The molecule has 2 heterocycles. The largest absolute Gasteiger partial charge is 0.493 e. The van der Waals surface area contributed by atoms with Gasteiger partial charge in [0.15, 0.2) is 17.5 Å². The number of para-hydroxylation sites is 1. The Morgan fingerprint density at radius 1 is 1.14 bits per heavy atom. The summed E-state index contributed by atoms with van der Waals surface area (Å²) >= 11 is 1.82. The highest BCUT2D eigenvalue weighted by Gasteiger charge is 2.24. The van der Waals surface area contributed by atoms with E-state index in [-0.39, 0.29) is 0 Å². The zero-order valence-corrected chi connectivity index (χ0v) is 17.7. The lowest BCUT2D eigenvalue weighted by molar-refractivity contribution is 0.249. The van der Waals surface area contributed by atoms with Crippen molar-refractivity contribution in [1.29, 1.82) is 0 Å². The molecule has 1 fully saturated rings. The molecule has 1 aromatic heterocycles. The van der Waals surface area contributed by atoms with E-state index in [2.05, 4.69) is 38.0 Å². The van der Waals surface area contributed by atoms with Gasteiger partial charge < -0.3 is 20.1 Å². The molecular formula is C21H30N4O2S. The third-order valence-electron chi connectivity index (χ3n) is 5.07. The van der Waals surface area contributed by atoms with E-state index >= 15 is 0 Å². The van der Waals surface area contributed by atoms with Gasteiger partial charge in [-0.25, -0.2) is 0 Å². The Balaban J connectivity index is 1.61. The first-order chi connectivity index (χ1) is 13.8. The fraction of sp³-hybridized carbons (Fsp3) is 0.476. The van der Waals surface area contributed by atoms with Crippen molar-refractivity contribution in [3.05, 3.63) is 46.2 Å². The highest BCUT2D eigenvalue weighted by Crippen LogP contribution is 2.30. The molecular weight excluding hydrogens is 372 g/mol. The molecule has 3 rings (SSSR count). The van der Waals surface area contributed by atoms with Gasteiger partial charge in [-0.3, -0.25) is 9.89 Å². The minimum Gasteiger partial charge on any atom is -0.493 e. The number of likely N-dealkylation sites (tertiary alicyclic amines) is 1. The van der Waals surface area contributed by atoms with E-state index < -0.39 is 0 Å². The Morgan fingerprint density at radius 2 is 1.96 bits per heavy atom. The van der Waals surface area contributed by atoms with Crippen LogP contribution in [-0.4, -0.2) is 51.8 Å². The monoisotopic (exact) mass is 402 g/mol. The molecule has 0 aliphatic carbocycles. The van der Waals surface area contributed by atoms with Crippen LogP contribution in [0.2, 0.25) is 0 Å². The number of hydrogen-bond donors (Lipinski definition) is 2. The van der Waals surface area contributed by atoms with Gasteiger partial charge in [0.2, 0.25) is 0 Å². The predicted octanol–water partition coefficient (Wildman–Crippen LogP) is 3.27. The molecule has 1 atom stereocenters. The van der Waals surface area contributed by atoms with Gasteiger partial charge in [0.25, 0.3) is 0 Å². The average Bonchev–Trinajstić information content (AvgIpc) is 3.44. The van der Waals surface area contributed by atoms with Crippen LogP contribution in [0, 0.1) is 0 Å². The molecule has 2 N–H and O–H groups in total. The molecule has 1 unspecified atom stereocenters. The summed E-state index contributed by atoms with van der Waals surface area (Å²) in [5, 5.41) is 9.05. The minimum atomic E-state index is 0.382. The fourth-order valence-corrected chi connectivity index (χ4v) is 4.49. The second kappa shape index (κ2) is 10.3. The summed E-state index contributed by atoms with van der Waals surface area (Å²) in [4.78, 5) is 8.36. The summed E-state index contributed by atoms with van der Waals surface area (Å²) in [6, 6.07) is 10.6. The van der Waals surface area contributed by atoms with E-state index in [4.69, 9.17) is 9.47 Å². The van der Waals surface area contributed by atoms with Crippen LogP contribution in [0.3, 0.4) is 0 Å². The summed E-state index contributed by atoms with van der Waals surface area (Å²) < 4.78 is 10.9. The first-order valence-electron chi connectivity index (χ1n) is 9.68. The number of guanidine groups is 1. The van der Waals surface area contributed by atoms with Crippen molar-refractivity contribution in [3.8, 4) is 11.5 Å². The average molecular weight is 403 g/mol. The molecule has 0 radical (unpaired) electrons. The normalized spacial score (nSPS) is 16.0. The van der Waals surface area contributed by atoms with Crippen LogP contribution in [0.5, 0.6) is 11.5 Å². The second-order valence-electron chi connectivity index (χ2n) is 6.73. The lowest BCUT2D eigenvalue weighted by Crippen LogP contribution is -2.42. The number of methoxy groups -OCH3 is 2. The smallest absolute Gasteiger partial charge is 0.191 e. The minimum absolute atomic E-state index is 0.382. The molecule has 6 nitrogen and oxygen atoms in total. The number of hydrogen-bond acceptors (Lipinski definition) is 5. The Kier molecular flexibility index (Phi) is 7.56. The van der Waals surface area contributed by atoms with Gasteiger partial charge in [-0.05, 0) is 43.4 Å². The van der Waals surface area contributed by atoms with E-state index in [9.17, 15) is 0 Å². The molecule has 1 aliphatic heterocycles. The number of rotatable bonds is 8. The Hall–Kier alpha value is -2.25. The summed E-state index contributed by atoms with van der Waals surface area (Å²) in [6.45, 7) is 3.76. The molecule has 1 aliphatic rings. The molecule has 0 spiro atoms. The van der Waals surface area contributed by atoms with Crippen LogP contribution in [0.1, 0.15) is 29.3 Å². The molecule has 1 saturated heterocycles. The number of benzene rings is 1. The quantitative estimate of drug-likeness (QED) is 0.524. The van der Waals surface area contributed by atoms with Crippen LogP contribution in [0.15, 0.2) is 40.7 Å². The van der Waals surface area contributed by atoms with E-state index in [0.29, 0.717) is 12.6 Å². The number of ether oxygens (including phenoxy) is 2. The summed E-state index contributed by atoms with van der Waals surface area (Å²) in [5.41, 5.74) is 1.03. The number of nitrogens with zero attached hydrogens (tertiary/aromatic N) is 2. The van der Waals surface area contributed by atoms with Crippen LogP contribution in [0.25, 0.3) is 0 Å². The van der Waals surface area contributed by atoms with Crippen LogP contribution in [-0.2, 0) is 6.54 Å². The molecule has 0 amide bonds. The zero-order chi connectivity index (χ0) is 19.8. The van der Waals surface area contributed by atoms with Gasteiger partial charge in [-0.2, -0.15) is 0 Å². The van der Waals surface area contributed by atoms with Crippen molar-refractivity contribution in [2.24, 2.45) is 4.99 Å². The standard InChI is InChI=1S/C21H30N4O2S/c1-22-21(23-14-16-8-6-9-18(26-2)20(16)27-3)24-15-17(19-10-7-13-28-19)25-11-4-5-12-25/h6-10,13,17H,4-5,11-12,14-15H2,1-3H3,(H2,22,23,24). The molecule has 28 heavy (non-hydrogen) atoms. The highest BCUT2D eigenvalue weighted by atomic mass is 32.1. The predicted molar refractivity (Wildman–Crippen MR) is 116 cm³/mol. The van der Waals surface area contributed by atoms with Gasteiger partial charge in [0.1, 0.15) is 0 Å². The van der Waals surface area contributed by atoms with Crippen LogP contribution >= 0.6 is 11.3 Å². The Labute approximate surface area is 171 Å². The van der Waals surface area contributed by atoms with Gasteiger partial charge in [0.05, 0.1) is 20.3 Å². The van der Waals surface area contributed by atoms with Crippen molar-refractivity contribution in [3.63, 3.8) is 0 Å². The summed E-state index contributed by atoms with van der Waals surface area (Å²) in [5.74, 6) is 2.27. The molecule has 0 bridgehead atoms. The molecule has 2 aromatic rings. The van der Waals surface area contributed by atoms with E-state index in [1.54, 1.807) is 21.3 Å². The molecule has 1 aromatic carbocycles. The zero-order valence-electron chi connectivity index (χ0n) is 16.9. The maximum absolute atomic E-state index is 5.52. The number of nitrogens with one attached hydrogen (secondary N) is 2. The topological polar surface area (TPSA) is 58.1 Å². The van der Waals surface area contributed by atoms with Crippen molar-refractivity contribution >= 4 is 17.3 Å². The van der Waals surface area contributed by atoms with Crippen molar-refractivity contribution in [1.82, 2.24) is 15.5 Å². The van der Waals surface area contributed by atoms with Crippen molar-refractivity contribution in [2.75, 3.05) is 40.9 Å². The highest BCUT2D eigenvalue weighted by molar-refractivity contribution is 7.10.